The number of nitrogens with two attached hydrogens (primary N) is 1. The van der Waals surface area contributed by atoms with Gasteiger partial charge in [0.2, 0.25) is 0 Å². The van der Waals surface area contributed by atoms with Crippen LogP contribution in [-0.2, 0) is 4.74 Å². The summed E-state index contributed by atoms with van der Waals surface area (Å²) < 4.78 is 5.43. The minimum Gasteiger partial charge on any atom is -0.380 e. The molecule has 0 saturated carbocycles. The lowest BCUT2D eigenvalue weighted by molar-refractivity contribution is -0.186. The predicted molar refractivity (Wildman–Crippen MR) is 60.2 cm³/mol. The average molecular weight is 199 g/mol. The van der Waals surface area contributed by atoms with E-state index in [-0.39, 0.29) is 0 Å². The van der Waals surface area contributed by atoms with Crippen molar-refractivity contribution in [2.75, 3.05) is 19.8 Å². The van der Waals surface area contributed by atoms with Crippen LogP contribution in [0.2, 0.25) is 0 Å². The molecule has 2 N–H and O–H groups in total. The molecule has 1 saturated heterocycles. The van der Waals surface area contributed by atoms with Gasteiger partial charge in [0, 0.05) is 5.41 Å². The SMILES string of the molecule is CC(C)CC1(C(C)(C)CCN)COC1. The molecule has 1 rings (SSSR count). The molecule has 0 aromatic heterocycles. The van der Waals surface area contributed by atoms with Gasteiger partial charge in [0.25, 0.3) is 0 Å². The number of hydrogen-bond donors (Lipinski definition) is 1. The Labute approximate surface area is 88.2 Å². The third-order valence-corrected chi connectivity index (χ3v) is 3.76. The van der Waals surface area contributed by atoms with E-state index in [1.54, 1.807) is 0 Å². The van der Waals surface area contributed by atoms with Gasteiger partial charge in [0.15, 0.2) is 0 Å². The van der Waals surface area contributed by atoms with Gasteiger partial charge in [-0.3, -0.25) is 0 Å². The maximum Gasteiger partial charge on any atom is 0.0550 e. The van der Waals surface area contributed by atoms with E-state index in [1.807, 2.05) is 0 Å². The molecular weight excluding hydrogens is 174 g/mol. The Morgan fingerprint density at radius 1 is 1.36 bits per heavy atom. The Morgan fingerprint density at radius 3 is 2.21 bits per heavy atom. The highest BCUT2D eigenvalue weighted by atomic mass is 16.5. The van der Waals surface area contributed by atoms with Gasteiger partial charge < -0.3 is 10.5 Å². The van der Waals surface area contributed by atoms with E-state index in [4.69, 9.17) is 10.5 Å². The maximum absolute atomic E-state index is 5.68. The molecule has 0 radical (unpaired) electrons. The second-order valence-corrected chi connectivity index (χ2v) is 5.79. The molecule has 1 heterocycles. The quantitative estimate of drug-likeness (QED) is 0.738. The van der Waals surface area contributed by atoms with Gasteiger partial charge >= 0.3 is 0 Å². The van der Waals surface area contributed by atoms with Gasteiger partial charge in [-0.2, -0.15) is 0 Å². The van der Waals surface area contributed by atoms with Crippen molar-refractivity contribution in [2.45, 2.75) is 40.5 Å². The third-order valence-electron chi connectivity index (χ3n) is 3.76. The first-order valence-electron chi connectivity index (χ1n) is 5.71. The van der Waals surface area contributed by atoms with Crippen LogP contribution in [-0.4, -0.2) is 19.8 Å². The highest BCUT2D eigenvalue weighted by Gasteiger charge is 2.50. The highest BCUT2D eigenvalue weighted by molar-refractivity contribution is 4.98. The van der Waals surface area contributed by atoms with Gasteiger partial charge in [0.1, 0.15) is 0 Å². The van der Waals surface area contributed by atoms with Crippen molar-refractivity contribution in [2.24, 2.45) is 22.5 Å². The van der Waals surface area contributed by atoms with E-state index in [2.05, 4.69) is 27.7 Å². The number of hydrogen-bond acceptors (Lipinski definition) is 2. The molecule has 0 unspecified atom stereocenters. The standard InChI is InChI=1S/C12H25NO/c1-10(2)7-12(8-14-9-12)11(3,4)5-6-13/h10H,5-9,13H2,1-4H3. The van der Waals surface area contributed by atoms with E-state index >= 15 is 0 Å². The molecule has 1 aliphatic heterocycles. The number of ether oxygens (including phenoxy) is 1. The molecule has 0 atom stereocenters. The second kappa shape index (κ2) is 4.19. The van der Waals surface area contributed by atoms with Crippen LogP contribution in [0.4, 0.5) is 0 Å². The summed E-state index contributed by atoms with van der Waals surface area (Å²) in [6, 6.07) is 0. The van der Waals surface area contributed by atoms with Gasteiger partial charge in [0.05, 0.1) is 13.2 Å². The van der Waals surface area contributed by atoms with Crippen LogP contribution in [0.5, 0.6) is 0 Å². The summed E-state index contributed by atoms with van der Waals surface area (Å²) in [4.78, 5) is 0. The molecule has 0 bridgehead atoms. The summed E-state index contributed by atoms with van der Waals surface area (Å²) in [6.45, 7) is 11.9. The molecule has 2 nitrogen and oxygen atoms in total. The summed E-state index contributed by atoms with van der Waals surface area (Å²) in [6.07, 6.45) is 2.36. The summed E-state index contributed by atoms with van der Waals surface area (Å²) in [5.41, 5.74) is 6.39. The van der Waals surface area contributed by atoms with Crippen molar-refractivity contribution in [1.82, 2.24) is 0 Å². The third kappa shape index (κ3) is 2.12. The zero-order chi connectivity index (χ0) is 10.8. The van der Waals surface area contributed by atoms with E-state index in [1.165, 1.54) is 6.42 Å². The van der Waals surface area contributed by atoms with Crippen molar-refractivity contribution < 1.29 is 4.74 Å². The van der Waals surface area contributed by atoms with Gasteiger partial charge in [-0.25, -0.2) is 0 Å². The van der Waals surface area contributed by atoms with E-state index in [0.717, 1.165) is 32.1 Å². The zero-order valence-corrected chi connectivity index (χ0v) is 10.1. The summed E-state index contributed by atoms with van der Waals surface area (Å²) >= 11 is 0. The lowest BCUT2D eigenvalue weighted by atomic mass is 9.59. The minimum atomic E-state index is 0.324. The van der Waals surface area contributed by atoms with Crippen LogP contribution in [0, 0.1) is 16.7 Å². The molecular formula is C12H25NO. The normalized spacial score (nSPS) is 21.0. The fourth-order valence-electron chi connectivity index (χ4n) is 2.54. The molecule has 14 heavy (non-hydrogen) atoms. The van der Waals surface area contributed by atoms with Crippen LogP contribution in [0.15, 0.2) is 0 Å². The Balaban J connectivity index is 2.67. The zero-order valence-electron chi connectivity index (χ0n) is 10.1. The minimum absolute atomic E-state index is 0.324. The average Bonchev–Trinajstić information content (AvgIpc) is 1.95. The summed E-state index contributed by atoms with van der Waals surface area (Å²) in [5, 5.41) is 0. The molecule has 0 spiro atoms. The fraction of sp³-hybridized carbons (Fsp3) is 1.00. The Kier molecular flexibility index (Phi) is 3.59. The summed E-state index contributed by atoms with van der Waals surface area (Å²) in [5.74, 6) is 0.746. The van der Waals surface area contributed by atoms with Crippen molar-refractivity contribution in [1.29, 1.82) is 0 Å². The van der Waals surface area contributed by atoms with Crippen LogP contribution in [0.25, 0.3) is 0 Å². The van der Waals surface area contributed by atoms with Crippen molar-refractivity contribution in [3.05, 3.63) is 0 Å². The molecule has 0 aromatic carbocycles. The predicted octanol–water partition coefficient (Wildman–Crippen LogP) is 2.42. The van der Waals surface area contributed by atoms with E-state index in [9.17, 15) is 0 Å². The van der Waals surface area contributed by atoms with Crippen LogP contribution < -0.4 is 5.73 Å². The van der Waals surface area contributed by atoms with Crippen molar-refractivity contribution >= 4 is 0 Å². The Hall–Kier alpha value is -0.0800. The highest BCUT2D eigenvalue weighted by Crippen LogP contribution is 2.50. The maximum atomic E-state index is 5.68. The second-order valence-electron chi connectivity index (χ2n) is 5.79. The lowest BCUT2D eigenvalue weighted by Gasteiger charge is -2.53. The topological polar surface area (TPSA) is 35.2 Å². The Bertz CT molecular complexity index is 183. The van der Waals surface area contributed by atoms with E-state index in [0.29, 0.717) is 10.8 Å². The molecule has 0 amide bonds. The molecule has 0 aromatic rings. The van der Waals surface area contributed by atoms with Gasteiger partial charge in [-0.15, -0.1) is 0 Å². The van der Waals surface area contributed by atoms with Crippen molar-refractivity contribution in [3.63, 3.8) is 0 Å². The molecule has 2 heteroatoms. The van der Waals surface area contributed by atoms with E-state index < -0.39 is 0 Å². The first-order valence-corrected chi connectivity index (χ1v) is 5.71. The van der Waals surface area contributed by atoms with Gasteiger partial charge in [-0.1, -0.05) is 27.7 Å². The van der Waals surface area contributed by atoms with Crippen molar-refractivity contribution in [3.8, 4) is 0 Å². The first kappa shape index (κ1) is 12.0. The molecule has 1 aliphatic rings. The van der Waals surface area contributed by atoms with Crippen LogP contribution in [0.3, 0.4) is 0 Å². The summed E-state index contributed by atoms with van der Waals surface area (Å²) in [7, 11) is 0. The molecule has 84 valence electrons. The van der Waals surface area contributed by atoms with Crippen LogP contribution in [0.1, 0.15) is 40.5 Å². The lowest BCUT2D eigenvalue weighted by Crippen LogP contribution is -2.54. The molecule has 1 fully saturated rings. The Morgan fingerprint density at radius 2 is 1.93 bits per heavy atom. The first-order chi connectivity index (χ1) is 6.43. The van der Waals surface area contributed by atoms with Gasteiger partial charge in [-0.05, 0) is 30.7 Å². The largest absolute Gasteiger partial charge is 0.380 e. The fourth-order valence-corrected chi connectivity index (χ4v) is 2.54. The number of rotatable bonds is 5. The smallest absolute Gasteiger partial charge is 0.0550 e. The molecule has 0 aliphatic carbocycles. The monoisotopic (exact) mass is 199 g/mol. The van der Waals surface area contributed by atoms with Crippen LogP contribution >= 0.6 is 0 Å².